The highest BCUT2D eigenvalue weighted by Gasteiger charge is 2.51. The monoisotopic (exact) mass is 948 g/mol. The molecule has 3 fully saturated rings. The van der Waals surface area contributed by atoms with Crippen molar-refractivity contribution in [1.82, 2.24) is 4.90 Å². The van der Waals surface area contributed by atoms with E-state index in [0.717, 1.165) is 19.6 Å². The van der Waals surface area contributed by atoms with Crippen molar-refractivity contribution in [1.29, 1.82) is 0 Å². The summed E-state index contributed by atoms with van der Waals surface area (Å²) in [5.74, 6) is -0.802. The van der Waals surface area contributed by atoms with Gasteiger partial charge in [0.25, 0.3) is 11.8 Å². The highest BCUT2D eigenvalue weighted by molar-refractivity contribution is 7.81. The second kappa shape index (κ2) is 18.8. The molecule has 3 saturated heterocycles. The number of hydrogen-bond acceptors (Lipinski definition) is 8. The fraction of sp³-hybridized carbons (Fsp3) is 0.295. The van der Waals surface area contributed by atoms with Crippen molar-refractivity contribution in [3.8, 4) is 0 Å². The largest absolute Gasteiger partial charge is 0.464 e. The molecule has 320 valence electrons. The number of halogens is 4. The number of rotatable bonds is 9. The minimum atomic E-state index is -1.01. The number of anilines is 5. The molecule has 2 N–H and O–H groups in total. The van der Waals surface area contributed by atoms with Crippen LogP contribution >= 0.6 is 70.8 Å². The first-order valence-electron chi connectivity index (χ1n) is 19.2. The summed E-state index contributed by atoms with van der Waals surface area (Å²) in [6, 6.07) is 19.9. The molecule has 12 nitrogen and oxygen atoms in total. The molecule has 62 heavy (non-hydrogen) atoms. The fourth-order valence-electron chi connectivity index (χ4n) is 7.37. The molecular formula is C44H40Cl4N8O4S2. The Bertz CT molecular complexity index is 2590. The molecular weight excluding hydrogens is 910 g/mol. The summed E-state index contributed by atoms with van der Waals surface area (Å²) in [5.41, 5.74) is 7.86. The van der Waals surface area contributed by atoms with E-state index in [0.29, 0.717) is 67.1 Å². The third-order valence-electron chi connectivity index (χ3n) is 10.7. The summed E-state index contributed by atoms with van der Waals surface area (Å²) in [4.78, 5) is 54.3. The number of nitrogen functional groups attached to an aromatic ring is 1. The highest BCUT2D eigenvalue weighted by Crippen LogP contribution is 2.41. The summed E-state index contributed by atoms with van der Waals surface area (Å²) >= 11 is 36.1. The molecule has 0 spiro atoms. The number of esters is 1. The average molecular weight is 951 g/mol. The Balaban J connectivity index is 0.000000218. The molecule has 0 radical (unpaired) electrons. The van der Waals surface area contributed by atoms with Crippen LogP contribution < -0.4 is 25.3 Å². The van der Waals surface area contributed by atoms with E-state index in [4.69, 9.17) is 94.5 Å². The Morgan fingerprint density at radius 2 is 1.15 bits per heavy atom. The smallest absolute Gasteiger partial charge is 0.310 e. The van der Waals surface area contributed by atoms with E-state index in [1.807, 2.05) is 0 Å². The predicted octanol–water partition coefficient (Wildman–Crippen LogP) is 10.7. The van der Waals surface area contributed by atoms with Crippen LogP contribution in [0, 0.1) is 13.1 Å². The molecule has 0 unspecified atom stereocenters. The lowest BCUT2D eigenvalue weighted by Crippen LogP contribution is -2.44. The zero-order valence-corrected chi connectivity index (χ0v) is 38.7. The van der Waals surface area contributed by atoms with Gasteiger partial charge >= 0.3 is 5.97 Å². The number of thiocarbonyl (C=S) groups is 2. The molecule has 3 aliphatic heterocycles. The number of nitrogens with zero attached hydrogens (tertiary/aromatic N) is 7. The number of nitrogens with two attached hydrogens (primary N) is 1. The molecule has 2 amide bonds. The van der Waals surface area contributed by atoms with E-state index in [1.165, 1.54) is 22.6 Å². The lowest BCUT2D eigenvalue weighted by atomic mass is 10.0. The third-order valence-corrected chi connectivity index (χ3v) is 12.7. The van der Waals surface area contributed by atoms with E-state index >= 15 is 0 Å². The standard InChI is InChI=1S/C26H26Cl2N4O3S.C18H14Cl2N4OS/c1-26(2)24(34)31(18-7-9-22(29-3)21(28)16-18)25(36)32(26)19-6-8-20(27)17(14-19)15-23(33)35-13-12-30-10-4-5-11-30;1-18(2)16(25)23(10-5-7-15(22-3)13(20)8-10)17(26)24(18)11-4-6-12(19)14(21)9-11/h6-9,14,16H,4-5,10-13,15H2,1-2H3;4-9H,21H2,1-2H3. The fourth-order valence-corrected chi connectivity index (χ4v) is 9.15. The van der Waals surface area contributed by atoms with Crippen LogP contribution in [-0.2, 0) is 25.5 Å². The Kier molecular flexibility index (Phi) is 14.1. The van der Waals surface area contributed by atoms with Gasteiger partial charge in [0, 0.05) is 33.0 Å². The van der Waals surface area contributed by atoms with Crippen LogP contribution in [0.5, 0.6) is 0 Å². The topological polar surface area (TPSA) is 111 Å². The van der Waals surface area contributed by atoms with Crippen molar-refractivity contribution in [2.24, 2.45) is 0 Å². The van der Waals surface area contributed by atoms with E-state index in [1.54, 1.807) is 110 Å². The van der Waals surface area contributed by atoms with Crippen LogP contribution in [0.4, 0.5) is 39.8 Å². The molecule has 0 atom stereocenters. The van der Waals surface area contributed by atoms with Crippen molar-refractivity contribution in [2.45, 2.75) is 58.0 Å². The molecule has 18 heteroatoms. The molecule has 7 rings (SSSR count). The van der Waals surface area contributed by atoms with Crippen LogP contribution in [-0.4, -0.2) is 70.2 Å². The van der Waals surface area contributed by atoms with Crippen molar-refractivity contribution in [3.05, 3.63) is 121 Å². The molecule has 0 aromatic heterocycles. The van der Waals surface area contributed by atoms with Crippen molar-refractivity contribution in [3.63, 3.8) is 0 Å². The Hall–Kier alpha value is -5.03. The van der Waals surface area contributed by atoms with Gasteiger partial charge in [0.2, 0.25) is 11.4 Å². The SMILES string of the molecule is [C-]#[N+]c1ccc(N2C(=O)C(C)(C)N(c3ccc(Cl)c(CC(=O)OCCN4CCCC4)c3)C2=S)cc1Cl.[C-]#[N+]c1ccc(N2C(=O)C(C)(C)N(c3ccc(Cl)c(N)c3)C2=S)cc1Cl. The number of hydrogen-bond donors (Lipinski definition) is 1. The number of likely N-dealkylation sites (tertiary alicyclic amines) is 1. The van der Waals surface area contributed by atoms with Gasteiger partial charge in [-0.05, 0) is 144 Å². The van der Waals surface area contributed by atoms with Gasteiger partial charge in [0.15, 0.2) is 10.2 Å². The second-order valence-corrected chi connectivity index (χ2v) is 17.9. The number of carbonyl (C=O) groups is 3. The normalized spacial score (nSPS) is 16.9. The number of carbonyl (C=O) groups excluding carboxylic acids is 3. The maximum atomic E-state index is 13.4. The summed E-state index contributed by atoms with van der Waals surface area (Å²) in [6.45, 7) is 24.6. The van der Waals surface area contributed by atoms with Gasteiger partial charge in [-0.15, -0.1) is 0 Å². The van der Waals surface area contributed by atoms with Gasteiger partial charge in [-0.2, -0.15) is 0 Å². The number of amides is 2. The second-order valence-electron chi connectivity index (χ2n) is 15.6. The lowest BCUT2D eigenvalue weighted by Gasteiger charge is -2.30. The molecule has 3 aliphatic rings. The minimum Gasteiger partial charge on any atom is -0.464 e. The van der Waals surface area contributed by atoms with E-state index in [9.17, 15) is 14.4 Å². The van der Waals surface area contributed by atoms with E-state index in [-0.39, 0.29) is 39.4 Å². The summed E-state index contributed by atoms with van der Waals surface area (Å²) in [5, 5.41) is 1.93. The van der Waals surface area contributed by atoms with E-state index in [2.05, 4.69) is 14.6 Å². The van der Waals surface area contributed by atoms with Gasteiger partial charge in [-0.3, -0.25) is 29.1 Å². The van der Waals surface area contributed by atoms with Crippen molar-refractivity contribution < 1.29 is 19.1 Å². The first kappa shape index (κ1) is 46.5. The highest BCUT2D eigenvalue weighted by atomic mass is 35.5. The summed E-state index contributed by atoms with van der Waals surface area (Å²) in [6.07, 6.45) is 2.38. The zero-order valence-electron chi connectivity index (χ0n) is 34.0. The first-order valence-corrected chi connectivity index (χ1v) is 21.6. The summed E-state index contributed by atoms with van der Waals surface area (Å²) in [7, 11) is 0. The van der Waals surface area contributed by atoms with Gasteiger partial charge in [0.1, 0.15) is 17.7 Å². The Labute approximate surface area is 391 Å². The summed E-state index contributed by atoms with van der Waals surface area (Å²) < 4.78 is 5.44. The number of benzene rings is 4. The molecule has 0 saturated carbocycles. The van der Waals surface area contributed by atoms with Gasteiger partial charge in [-0.25, -0.2) is 9.69 Å². The first-order chi connectivity index (χ1) is 29.3. The van der Waals surface area contributed by atoms with Crippen LogP contribution in [0.15, 0.2) is 72.8 Å². The Morgan fingerprint density at radius 1 is 0.694 bits per heavy atom. The minimum absolute atomic E-state index is 0.0130. The van der Waals surface area contributed by atoms with Gasteiger partial charge in [-0.1, -0.05) is 58.5 Å². The van der Waals surface area contributed by atoms with Crippen LogP contribution in [0.3, 0.4) is 0 Å². The van der Waals surface area contributed by atoms with Gasteiger partial charge in [0.05, 0.1) is 41.6 Å². The van der Waals surface area contributed by atoms with Crippen molar-refractivity contribution in [2.75, 3.05) is 51.6 Å². The van der Waals surface area contributed by atoms with Crippen LogP contribution in [0.25, 0.3) is 9.69 Å². The maximum absolute atomic E-state index is 13.4. The average Bonchev–Trinajstić information content (AvgIpc) is 3.85. The third kappa shape index (κ3) is 9.19. The zero-order chi connectivity index (χ0) is 45.3. The van der Waals surface area contributed by atoms with E-state index < -0.39 is 11.1 Å². The molecule has 4 aromatic rings. The quantitative estimate of drug-likeness (QED) is 0.0753. The number of ether oxygens (including phenoxy) is 1. The Morgan fingerprint density at radius 3 is 1.60 bits per heavy atom. The molecule has 0 aliphatic carbocycles. The van der Waals surface area contributed by atoms with Crippen LogP contribution in [0.1, 0.15) is 46.1 Å². The van der Waals surface area contributed by atoms with Crippen LogP contribution in [0.2, 0.25) is 20.1 Å². The maximum Gasteiger partial charge on any atom is 0.310 e. The molecule has 0 bridgehead atoms. The lowest BCUT2D eigenvalue weighted by molar-refractivity contribution is -0.143. The molecule has 3 heterocycles. The molecule has 4 aromatic carbocycles. The van der Waals surface area contributed by atoms with Crippen molar-refractivity contribution >= 4 is 139 Å². The van der Waals surface area contributed by atoms with Gasteiger partial charge < -0.3 is 20.3 Å². The predicted molar refractivity (Wildman–Crippen MR) is 256 cm³/mol.